The van der Waals surface area contributed by atoms with E-state index in [1.54, 1.807) is 6.07 Å². The lowest BCUT2D eigenvalue weighted by Gasteiger charge is -1.94. The first kappa shape index (κ1) is 8.13. The fourth-order valence-corrected chi connectivity index (χ4v) is 1.38. The van der Waals surface area contributed by atoms with Crippen molar-refractivity contribution in [2.45, 2.75) is 5.75 Å². The predicted molar refractivity (Wildman–Crippen MR) is 40.6 cm³/mol. The molecule has 0 aromatic carbocycles. The Labute approximate surface area is 65.2 Å². The number of sulfone groups is 1. The highest BCUT2D eigenvalue weighted by Gasteiger charge is 2.03. The van der Waals surface area contributed by atoms with Crippen LogP contribution in [-0.4, -0.2) is 24.6 Å². The van der Waals surface area contributed by atoms with Crippen LogP contribution in [0.4, 0.5) is 0 Å². The smallest absolute Gasteiger partial charge is 0.153 e. The first-order valence-corrected chi connectivity index (χ1v) is 5.06. The van der Waals surface area contributed by atoms with Gasteiger partial charge in [-0.1, -0.05) is 0 Å². The summed E-state index contributed by atoms with van der Waals surface area (Å²) in [7, 11) is -2.97. The minimum Gasteiger partial charge on any atom is -0.245 e. The second kappa shape index (κ2) is 2.96. The molecule has 0 radical (unpaired) electrons. The Bertz CT molecular complexity index is 320. The Morgan fingerprint density at radius 2 is 2.27 bits per heavy atom. The number of rotatable bonds is 2. The molecule has 1 aromatic heterocycles. The van der Waals surface area contributed by atoms with Crippen molar-refractivity contribution in [2.75, 3.05) is 6.26 Å². The zero-order chi connectivity index (χ0) is 8.32. The Morgan fingerprint density at radius 1 is 1.55 bits per heavy atom. The maximum Gasteiger partial charge on any atom is 0.153 e. The van der Waals surface area contributed by atoms with E-state index in [1.165, 1.54) is 18.8 Å². The lowest BCUT2D eigenvalue weighted by atomic mass is 10.5. The van der Waals surface area contributed by atoms with Crippen molar-refractivity contribution >= 4 is 9.84 Å². The number of hydrogen-bond acceptors (Lipinski definition) is 4. The standard InChI is InChI=1S/C6H8N2O2S/c1-11(9,10)4-6-2-3-7-5-8-6/h2-3,5H,4H2,1H3. The van der Waals surface area contributed by atoms with Crippen LogP contribution in [0.3, 0.4) is 0 Å². The van der Waals surface area contributed by atoms with Gasteiger partial charge in [-0.2, -0.15) is 0 Å². The van der Waals surface area contributed by atoms with Crippen molar-refractivity contribution in [3.05, 3.63) is 24.3 Å². The zero-order valence-corrected chi connectivity index (χ0v) is 6.87. The normalized spacial score (nSPS) is 11.4. The summed E-state index contributed by atoms with van der Waals surface area (Å²) in [6.45, 7) is 0. The van der Waals surface area contributed by atoms with Gasteiger partial charge in [0.1, 0.15) is 6.33 Å². The Morgan fingerprint density at radius 3 is 2.73 bits per heavy atom. The van der Waals surface area contributed by atoms with Crippen LogP contribution in [0, 0.1) is 0 Å². The molecule has 60 valence electrons. The van der Waals surface area contributed by atoms with Gasteiger partial charge in [0.15, 0.2) is 9.84 Å². The second-order valence-electron chi connectivity index (χ2n) is 2.27. The molecular weight excluding hydrogens is 164 g/mol. The molecule has 0 amide bonds. The van der Waals surface area contributed by atoms with E-state index in [0.717, 1.165) is 0 Å². The lowest BCUT2D eigenvalue weighted by molar-refractivity contribution is 0.600. The van der Waals surface area contributed by atoms with E-state index in [2.05, 4.69) is 9.97 Å². The van der Waals surface area contributed by atoms with E-state index in [0.29, 0.717) is 5.69 Å². The molecule has 0 aliphatic carbocycles. The molecule has 0 fully saturated rings. The quantitative estimate of drug-likeness (QED) is 0.631. The highest BCUT2D eigenvalue weighted by atomic mass is 32.2. The molecule has 0 saturated carbocycles. The molecule has 11 heavy (non-hydrogen) atoms. The van der Waals surface area contributed by atoms with Gasteiger partial charge in [-0.05, 0) is 6.07 Å². The SMILES string of the molecule is CS(=O)(=O)Cc1ccncn1. The third-order valence-corrected chi connectivity index (χ3v) is 1.87. The van der Waals surface area contributed by atoms with Crippen molar-refractivity contribution < 1.29 is 8.42 Å². The van der Waals surface area contributed by atoms with Crippen molar-refractivity contribution in [3.63, 3.8) is 0 Å². The second-order valence-corrected chi connectivity index (χ2v) is 4.41. The maximum absolute atomic E-state index is 10.7. The van der Waals surface area contributed by atoms with Crippen LogP contribution < -0.4 is 0 Å². The summed E-state index contributed by atoms with van der Waals surface area (Å²) in [6, 6.07) is 1.58. The van der Waals surface area contributed by atoms with Crippen molar-refractivity contribution in [3.8, 4) is 0 Å². The summed E-state index contributed by atoms with van der Waals surface area (Å²) in [5, 5.41) is 0. The third-order valence-electron chi connectivity index (χ3n) is 1.05. The van der Waals surface area contributed by atoms with Gasteiger partial charge in [-0.3, -0.25) is 0 Å². The largest absolute Gasteiger partial charge is 0.245 e. The first-order chi connectivity index (χ1) is 5.08. The van der Waals surface area contributed by atoms with Gasteiger partial charge in [-0.15, -0.1) is 0 Å². The average Bonchev–Trinajstić information content (AvgIpc) is 1.85. The van der Waals surface area contributed by atoms with Crippen LogP contribution in [-0.2, 0) is 15.6 Å². The molecule has 0 aliphatic rings. The Hall–Kier alpha value is -0.970. The summed E-state index contributed by atoms with van der Waals surface area (Å²) in [5.41, 5.74) is 0.530. The molecule has 0 N–H and O–H groups in total. The molecule has 1 heterocycles. The topological polar surface area (TPSA) is 59.9 Å². The lowest BCUT2D eigenvalue weighted by Crippen LogP contribution is -2.02. The van der Waals surface area contributed by atoms with E-state index < -0.39 is 9.84 Å². The molecule has 0 aliphatic heterocycles. The highest BCUT2D eigenvalue weighted by molar-refractivity contribution is 7.89. The average molecular weight is 172 g/mol. The minimum absolute atomic E-state index is 0.0183. The van der Waals surface area contributed by atoms with E-state index in [-0.39, 0.29) is 5.75 Å². The third kappa shape index (κ3) is 3.08. The molecular formula is C6H8N2O2S. The van der Waals surface area contributed by atoms with Crippen LogP contribution in [0.1, 0.15) is 5.69 Å². The van der Waals surface area contributed by atoms with Gasteiger partial charge in [0, 0.05) is 12.5 Å². The molecule has 5 heteroatoms. The number of hydrogen-bond donors (Lipinski definition) is 0. The van der Waals surface area contributed by atoms with Crippen LogP contribution in [0.25, 0.3) is 0 Å². The van der Waals surface area contributed by atoms with Crippen molar-refractivity contribution in [2.24, 2.45) is 0 Å². The minimum atomic E-state index is -2.97. The summed E-state index contributed by atoms with van der Waals surface area (Å²) in [4.78, 5) is 7.44. The molecule has 0 bridgehead atoms. The number of aromatic nitrogens is 2. The molecule has 0 unspecified atom stereocenters. The predicted octanol–water partition coefficient (Wildman–Crippen LogP) is 0.0212. The van der Waals surface area contributed by atoms with Gasteiger partial charge < -0.3 is 0 Å². The fraction of sp³-hybridized carbons (Fsp3) is 0.333. The molecule has 4 nitrogen and oxygen atoms in total. The molecule has 0 atom stereocenters. The highest BCUT2D eigenvalue weighted by Crippen LogP contribution is 1.97. The first-order valence-electron chi connectivity index (χ1n) is 3.00. The van der Waals surface area contributed by atoms with Crippen molar-refractivity contribution in [1.29, 1.82) is 0 Å². The zero-order valence-electron chi connectivity index (χ0n) is 6.06. The van der Waals surface area contributed by atoms with E-state index in [9.17, 15) is 8.42 Å². The van der Waals surface area contributed by atoms with Gasteiger partial charge in [0.2, 0.25) is 0 Å². The molecule has 0 spiro atoms. The fourth-order valence-electron chi connectivity index (χ4n) is 0.672. The summed E-state index contributed by atoms with van der Waals surface area (Å²) < 4.78 is 21.5. The van der Waals surface area contributed by atoms with E-state index in [4.69, 9.17) is 0 Å². The van der Waals surface area contributed by atoms with E-state index >= 15 is 0 Å². The Kier molecular flexibility index (Phi) is 2.19. The maximum atomic E-state index is 10.7. The molecule has 0 saturated heterocycles. The Balaban J connectivity index is 2.82. The molecule has 1 aromatic rings. The van der Waals surface area contributed by atoms with Gasteiger partial charge in [0.05, 0.1) is 11.4 Å². The van der Waals surface area contributed by atoms with Gasteiger partial charge in [0.25, 0.3) is 0 Å². The van der Waals surface area contributed by atoms with Gasteiger partial charge >= 0.3 is 0 Å². The number of nitrogens with zero attached hydrogens (tertiary/aromatic N) is 2. The summed E-state index contributed by atoms with van der Waals surface area (Å²) in [5.74, 6) is -0.0183. The van der Waals surface area contributed by atoms with Crippen molar-refractivity contribution in [1.82, 2.24) is 9.97 Å². The molecule has 1 rings (SSSR count). The van der Waals surface area contributed by atoms with Crippen LogP contribution in [0.2, 0.25) is 0 Å². The summed E-state index contributed by atoms with van der Waals surface area (Å²) in [6.07, 6.45) is 4.03. The van der Waals surface area contributed by atoms with Crippen LogP contribution in [0.5, 0.6) is 0 Å². The summed E-state index contributed by atoms with van der Waals surface area (Å²) >= 11 is 0. The van der Waals surface area contributed by atoms with Crippen LogP contribution >= 0.6 is 0 Å². The monoisotopic (exact) mass is 172 g/mol. The van der Waals surface area contributed by atoms with Gasteiger partial charge in [-0.25, -0.2) is 18.4 Å². The van der Waals surface area contributed by atoms with Crippen LogP contribution in [0.15, 0.2) is 18.6 Å². The van der Waals surface area contributed by atoms with E-state index in [1.807, 2.05) is 0 Å².